The molecule has 0 fully saturated rings. The van der Waals surface area contributed by atoms with Crippen molar-refractivity contribution in [2.75, 3.05) is 14.2 Å². The average Bonchev–Trinajstić information content (AvgIpc) is 2.41. The maximum atomic E-state index is 10.3. The SMILES string of the molecule is CC/C(C)=C/CC1=C(C)C(O)C(OC)=C(OC)C1O. The molecule has 0 aliphatic heterocycles. The first-order valence-corrected chi connectivity index (χ1v) is 6.51. The topological polar surface area (TPSA) is 58.9 Å². The van der Waals surface area contributed by atoms with Gasteiger partial charge in [-0.2, -0.15) is 0 Å². The van der Waals surface area contributed by atoms with Crippen molar-refractivity contribution >= 4 is 0 Å². The molecular weight excluding hydrogens is 244 g/mol. The molecule has 0 aromatic rings. The number of hydrogen-bond donors (Lipinski definition) is 2. The van der Waals surface area contributed by atoms with Gasteiger partial charge in [0.25, 0.3) is 0 Å². The first-order valence-electron chi connectivity index (χ1n) is 6.51. The molecule has 0 saturated carbocycles. The Balaban J connectivity index is 3.09. The van der Waals surface area contributed by atoms with Gasteiger partial charge in [0, 0.05) is 0 Å². The molecule has 0 spiro atoms. The number of allylic oxidation sites excluding steroid dienone is 2. The molecule has 1 aliphatic rings. The van der Waals surface area contributed by atoms with Gasteiger partial charge >= 0.3 is 0 Å². The Kier molecular flexibility index (Phi) is 5.63. The number of aliphatic hydroxyl groups excluding tert-OH is 2. The molecule has 108 valence electrons. The van der Waals surface area contributed by atoms with Crippen molar-refractivity contribution in [3.05, 3.63) is 34.3 Å². The lowest BCUT2D eigenvalue weighted by Gasteiger charge is -2.30. The summed E-state index contributed by atoms with van der Waals surface area (Å²) in [6.07, 6.45) is 1.94. The van der Waals surface area contributed by atoms with Crippen LogP contribution in [0, 0.1) is 0 Å². The molecule has 2 atom stereocenters. The van der Waals surface area contributed by atoms with Gasteiger partial charge in [-0.15, -0.1) is 0 Å². The maximum absolute atomic E-state index is 10.3. The van der Waals surface area contributed by atoms with Gasteiger partial charge in [0.15, 0.2) is 11.5 Å². The molecule has 2 N–H and O–H groups in total. The van der Waals surface area contributed by atoms with Crippen molar-refractivity contribution in [1.29, 1.82) is 0 Å². The van der Waals surface area contributed by atoms with Gasteiger partial charge < -0.3 is 19.7 Å². The molecular formula is C15H24O4. The lowest BCUT2D eigenvalue weighted by molar-refractivity contribution is 0.0794. The molecule has 19 heavy (non-hydrogen) atoms. The third-order valence-electron chi connectivity index (χ3n) is 3.65. The minimum Gasteiger partial charge on any atom is -0.494 e. The van der Waals surface area contributed by atoms with E-state index in [0.717, 1.165) is 17.6 Å². The zero-order valence-electron chi connectivity index (χ0n) is 12.4. The summed E-state index contributed by atoms with van der Waals surface area (Å²) in [6.45, 7) is 5.95. The first kappa shape index (κ1) is 15.8. The Morgan fingerprint density at radius 2 is 1.68 bits per heavy atom. The van der Waals surface area contributed by atoms with E-state index in [1.807, 2.05) is 6.92 Å². The fraction of sp³-hybridized carbons (Fsp3) is 0.600. The van der Waals surface area contributed by atoms with E-state index in [0.29, 0.717) is 6.42 Å². The fourth-order valence-corrected chi connectivity index (χ4v) is 2.14. The molecule has 4 heteroatoms. The van der Waals surface area contributed by atoms with E-state index in [4.69, 9.17) is 9.47 Å². The molecule has 0 amide bonds. The minimum atomic E-state index is -0.857. The predicted octanol–water partition coefficient (Wildman–Crippen LogP) is 2.29. The Morgan fingerprint density at radius 3 is 2.16 bits per heavy atom. The van der Waals surface area contributed by atoms with Gasteiger partial charge in [0.1, 0.15) is 12.2 Å². The molecule has 0 radical (unpaired) electrons. The smallest absolute Gasteiger partial charge is 0.169 e. The molecule has 0 aromatic heterocycles. The first-order chi connectivity index (χ1) is 8.97. The van der Waals surface area contributed by atoms with Gasteiger partial charge in [-0.25, -0.2) is 0 Å². The largest absolute Gasteiger partial charge is 0.494 e. The predicted molar refractivity (Wildman–Crippen MR) is 74.4 cm³/mol. The molecule has 1 rings (SSSR count). The van der Waals surface area contributed by atoms with Crippen LogP contribution in [-0.2, 0) is 9.47 Å². The van der Waals surface area contributed by atoms with Crippen LogP contribution >= 0.6 is 0 Å². The number of hydrogen-bond acceptors (Lipinski definition) is 4. The molecule has 0 bridgehead atoms. The molecule has 4 nitrogen and oxygen atoms in total. The molecule has 1 aliphatic carbocycles. The van der Waals surface area contributed by atoms with E-state index in [1.54, 1.807) is 0 Å². The second kappa shape index (κ2) is 6.78. The van der Waals surface area contributed by atoms with Crippen molar-refractivity contribution in [2.24, 2.45) is 0 Å². The summed E-state index contributed by atoms with van der Waals surface area (Å²) < 4.78 is 10.3. The lowest BCUT2D eigenvalue weighted by atomic mass is 9.88. The minimum absolute atomic E-state index is 0.285. The van der Waals surface area contributed by atoms with E-state index in [2.05, 4.69) is 19.9 Å². The summed E-state index contributed by atoms with van der Waals surface area (Å²) >= 11 is 0. The molecule has 0 heterocycles. The molecule has 0 saturated heterocycles. The summed E-state index contributed by atoms with van der Waals surface area (Å²) in [6, 6.07) is 0. The average molecular weight is 268 g/mol. The van der Waals surface area contributed by atoms with E-state index in [9.17, 15) is 10.2 Å². The van der Waals surface area contributed by atoms with Crippen molar-refractivity contribution in [3.63, 3.8) is 0 Å². The van der Waals surface area contributed by atoms with Gasteiger partial charge in [-0.05, 0) is 37.8 Å². The number of rotatable bonds is 5. The van der Waals surface area contributed by atoms with Crippen LogP contribution in [0.2, 0.25) is 0 Å². The monoisotopic (exact) mass is 268 g/mol. The Bertz CT molecular complexity index is 418. The van der Waals surface area contributed by atoms with Crippen molar-refractivity contribution in [3.8, 4) is 0 Å². The number of ether oxygens (including phenoxy) is 2. The van der Waals surface area contributed by atoms with Crippen LogP contribution in [0.4, 0.5) is 0 Å². The zero-order chi connectivity index (χ0) is 14.6. The Hall–Kier alpha value is -1.26. The van der Waals surface area contributed by atoms with Crippen LogP contribution in [0.3, 0.4) is 0 Å². The quantitative estimate of drug-likeness (QED) is 0.751. The highest BCUT2D eigenvalue weighted by atomic mass is 16.5. The van der Waals surface area contributed by atoms with E-state index < -0.39 is 12.2 Å². The summed E-state index contributed by atoms with van der Waals surface area (Å²) in [5.74, 6) is 0.575. The van der Waals surface area contributed by atoms with Crippen molar-refractivity contribution < 1.29 is 19.7 Å². The number of methoxy groups -OCH3 is 2. The summed E-state index contributed by atoms with van der Waals surface area (Å²) in [4.78, 5) is 0. The van der Waals surface area contributed by atoms with E-state index >= 15 is 0 Å². The third-order valence-corrected chi connectivity index (χ3v) is 3.65. The van der Waals surface area contributed by atoms with E-state index in [1.165, 1.54) is 19.8 Å². The normalized spacial score (nSPS) is 24.9. The second-order valence-corrected chi connectivity index (χ2v) is 4.76. The van der Waals surface area contributed by atoms with Crippen molar-refractivity contribution in [2.45, 2.75) is 45.8 Å². The highest BCUT2D eigenvalue weighted by Gasteiger charge is 2.34. The van der Waals surface area contributed by atoms with Gasteiger partial charge in [0.2, 0.25) is 0 Å². The van der Waals surface area contributed by atoms with Gasteiger partial charge in [0.05, 0.1) is 14.2 Å². The highest BCUT2D eigenvalue weighted by Crippen LogP contribution is 2.33. The summed E-state index contributed by atoms with van der Waals surface area (Å²) in [7, 11) is 2.93. The maximum Gasteiger partial charge on any atom is 0.169 e. The van der Waals surface area contributed by atoms with Crippen LogP contribution in [0.1, 0.15) is 33.6 Å². The lowest BCUT2D eigenvalue weighted by Crippen LogP contribution is -2.31. The molecule has 2 unspecified atom stereocenters. The Labute approximate surface area is 115 Å². The highest BCUT2D eigenvalue weighted by molar-refractivity contribution is 5.39. The van der Waals surface area contributed by atoms with Crippen LogP contribution in [0.5, 0.6) is 0 Å². The van der Waals surface area contributed by atoms with Crippen LogP contribution in [0.15, 0.2) is 34.3 Å². The third kappa shape index (κ3) is 3.19. The van der Waals surface area contributed by atoms with Crippen molar-refractivity contribution in [1.82, 2.24) is 0 Å². The van der Waals surface area contributed by atoms with Crippen LogP contribution < -0.4 is 0 Å². The molecule has 0 aromatic carbocycles. The fourth-order valence-electron chi connectivity index (χ4n) is 2.14. The van der Waals surface area contributed by atoms with Gasteiger partial charge in [-0.1, -0.05) is 18.6 Å². The standard InChI is InChI=1S/C15H24O4/c1-6-9(2)7-8-11-10(3)12(16)14(18-4)15(19-5)13(11)17/h7,12-13,16-17H,6,8H2,1-5H3/b9-7+. The van der Waals surface area contributed by atoms with Gasteiger partial charge in [-0.3, -0.25) is 0 Å². The van der Waals surface area contributed by atoms with Crippen LogP contribution in [-0.4, -0.2) is 36.6 Å². The Morgan fingerprint density at radius 1 is 1.16 bits per heavy atom. The summed E-state index contributed by atoms with van der Waals surface area (Å²) in [5.41, 5.74) is 2.76. The number of aliphatic hydroxyl groups is 2. The van der Waals surface area contributed by atoms with E-state index in [-0.39, 0.29) is 11.5 Å². The second-order valence-electron chi connectivity index (χ2n) is 4.76. The summed E-state index contributed by atoms with van der Waals surface area (Å²) in [5, 5.41) is 20.5. The zero-order valence-corrected chi connectivity index (χ0v) is 12.4. The van der Waals surface area contributed by atoms with Crippen LogP contribution in [0.25, 0.3) is 0 Å².